The summed E-state index contributed by atoms with van der Waals surface area (Å²) in [5.74, 6) is -0.747. The Hall–Kier alpha value is -1.83. The Kier molecular flexibility index (Phi) is 5.17. The standard InChI is InChI=1S/C17H16BrF2NO4/c18-11-6-4-9-8-21(16(24)14(9)15(11)25-17(19)20)12-7-5-10(22)2-1-3-13(12)23/h4,6,12,17H,1-3,5,7-8H2. The van der Waals surface area contributed by atoms with Gasteiger partial charge in [0.2, 0.25) is 0 Å². The monoisotopic (exact) mass is 415 g/mol. The van der Waals surface area contributed by atoms with Crippen molar-refractivity contribution in [1.29, 1.82) is 0 Å². The average Bonchev–Trinajstić information content (AvgIpc) is 2.86. The topological polar surface area (TPSA) is 63.7 Å². The lowest BCUT2D eigenvalue weighted by atomic mass is 9.94. The van der Waals surface area contributed by atoms with E-state index in [1.54, 1.807) is 6.07 Å². The van der Waals surface area contributed by atoms with Gasteiger partial charge >= 0.3 is 6.61 Å². The molecule has 8 heteroatoms. The van der Waals surface area contributed by atoms with E-state index in [1.165, 1.54) is 11.0 Å². The third-order valence-corrected chi connectivity index (χ3v) is 5.17. The summed E-state index contributed by atoms with van der Waals surface area (Å²) in [5.41, 5.74) is 0.584. The Bertz CT molecular complexity index is 738. The van der Waals surface area contributed by atoms with Gasteiger partial charge in [0.15, 0.2) is 11.5 Å². The molecule has 1 aliphatic carbocycles. The van der Waals surface area contributed by atoms with Crippen LogP contribution in [-0.2, 0) is 16.1 Å². The van der Waals surface area contributed by atoms with Gasteiger partial charge in [-0.25, -0.2) is 0 Å². The lowest BCUT2D eigenvalue weighted by molar-refractivity contribution is -0.126. The summed E-state index contributed by atoms with van der Waals surface area (Å²) < 4.78 is 30.2. The third kappa shape index (κ3) is 3.58. The van der Waals surface area contributed by atoms with Crippen molar-refractivity contribution in [3.8, 4) is 5.75 Å². The van der Waals surface area contributed by atoms with Crippen molar-refractivity contribution < 1.29 is 27.9 Å². The maximum absolute atomic E-state index is 12.8. The molecule has 0 N–H and O–H groups in total. The molecule has 1 unspecified atom stereocenters. The highest BCUT2D eigenvalue weighted by Gasteiger charge is 2.39. The Morgan fingerprint density at radius 1 is 1.16 bits per heavy atom. The van der Waals surface area contributed by atoms with E-state index in [9.17, 15) is 23.2 Å². The molecule has 1 fully saturated rings. The summed E-state index contributed by atoms with van der Waals surface area (Å²) in [6.07, 6.45) is 1.60. The second-order valence-electron chi connectivity index (χ2n) is 6.14. The van der Waals surface area contributed by atoms with Crippen LogP contribution in [0.2, 0.25) is 0 Å². The van der Waals surface area contributed by atoms with E-state index in [1.807, 2.05) is 0 Å². The largest absolute Gasteiger partial charge is 0.433 e. The van der Waals surface area contributed by atoms with E-state index in [0.717, 1.165) is 0 Å². The van der Waals surface area contributed by atoms with Crippen LogP contribution in [0.15, 0.2) is 16.6 Å². The van der Waals surface area contributed by atoms with Crippen LogP contribution >= 0.6 is 15.9 Å². The minimum absolute atomic E-state index is 0.0517. The first-order valence-corrected chi connectivity index (χ1v) is 8.79. The number of benzene rings is 1. The van der Waals surface area contributed by atoms with Crippen molar-refractivity contribution in [2.24, 2.45) is 0 Å². The molecule has 0 aromatic heterocycles. The van der Waals surface area contributed by atoms with Crippen molar-refractivity contribution in [1.82, 2.24) is 4.90 Å². The average molecular weight is 416 g/mol. The summed E-state index contributed by atoms with van der Waals surface area (Å²) in [6, 6.07) is 2.48. The van der Waals surface area contributed by atoms with Gasteiger partial charge in [-0.05, 0) is 40.4 Å². The minimum atomic E-state index is -3.06. The van der Waals surface area contributed by atoms with Crippen LogP contribution in [0.5, 0.6) is 5.75 Å². The second kappa shape index (κ2) is 7.19. The molecule has 1 aliphatic heterocycles. The van der Waals surface area contributed by atoms with Crippen LogP contribution in [0, 0.1) is 0 Å². The Labute approximate surface area is 151 Å². The molecule has 0 saturated heterocycles. The zero-order valence-electron chi connectivity index (χ0n) is 13.3. The zero-order chi connectivity index (χ0) is 18.1. The summed E-state index contributed by atoms with van der Waals surface area (Å²) in [5, 5.41) is 0. The van der Waals surface area contributed by atoms with Crippen LogP contribution in [0.3, 0.4) is 0 Å². The van der Waals surface area contributed by atoms with Gasteiger partial charge in [-0.15, -0.1) is 0 Å². The van der Waals surface area contributed by atoms with Crippen molar-refractivity contribution in [3.63, 3.8) is 0 Å². The number of ketones is 2. The summed E-state index contributed by atoms with van der Waals surface area (Å²) in [7, 11) is 0. The molecule has 1 saturated carbocycles. The van der Waals surface area contributed by atoms with E-state index in [4.69, 9.17) is 0 Å². The molecule has 5 nitrogen and oxygen atoms in total. The van der Waals surface area contributed by atoms with Crippen molar-refractivity contribution in [2.75, 3.05) is 0 Å². The fraction of sp³-hybridized carbons (Fsp3) is 0.471. The predicted molar refractivity (Wildman–Crippen MR) is 87.5 cm³/mol. The third-order valence-electron chi connectivity index (χ3n) is 4.54. The van der Waals surface area contributed by atoms with Gasteiger partial charge in [0.25, 0.3) is 5.91 Å². The summed E-state index contributed by atoms with van der Waals surface area (Å²) >= 11 is 3.12. The quantitative estimate of drug-likeness (QED) is 0.757. The number of ether oxygens (including phenoxy) is 1. The first kappa shape index (κ1) is 18.0. The number of fused-ring (bicyclic) bond motifs is 1. The lowest BCUT2D eigenvalue weighted by Crippen LogP contribution is -2.42. The number of amides is 1. The van der Waals surface area contributed by atoms with Crippen molar-refractivity contribution >= 4 is 33.4 Å². The van der Waals surface area contributed by atoms with Crippen LogP contribution in [0.1, 0.15) is 48.0 Å². The zero-order valence-corrected chi connectivity index (χ0v) is 14.9. The molecule has 1 aromatic carbocycles. The van der Waals surface area contributed by atoms with Crippen LogP contribution in [0.4, 0.5) is 8.78 Å². The first-order valence-electron chi connectivity index (χ1n) is 8.00. The van der Waals surface area contributed by atoms with Gasteiger partial charge in [-0.2, -0.15) is 8.78 Å². The van der Waals surface area contributed by atoms with E-state index >= 15 is 0 Å². The van der Waals surface area contributed by atoms with E-state index < -0.39 is 18.6 Å². The molecular weight excluding hydrogens is 400 g/mol. The van der Waals surface area contributed by atoms with Crippen LogP contribution in [0.25, 0.3) is 0 Å². The molecule has 1 amide bonds. The van der Waals surface area contributed by atoms with Gasteiger partial charge in [-0.3, -0.25) is 14.4 Å². The number of carbonyl (C=O) groups excluding carboxylic acids is 3. The van der Waals surface area contributed by atoms with E-state index in [0.29, 0.717) is 18.4 Å². The van der Waals surface area contributed by atoms with E-state index in [2.05, 4.69) is 20.7 Å². The van der Waals surface area contributed by atoms with Gasteiger partial charge in [0, 0.05) is 25.8 Å². The second-order valence-corrected chi connectivity index (χ2v) is 6.99. The highest BCUT2D eigenvalue weighted by Crippen LogP contribution is 2.39. The Morgan fingerprint density at radius 2 is 1.92 bits per heavy atom. The Balaban J connectivity index is 1.91. The number of rotatable bonds is 3. The van der Waals surface area contributed by atoms with Crippen LogP contribution in [-0.4, -0.2) is 35.0 Å². The maximum atomic E-state index is 12.8. The highest BCUT2D eigenvalue weighted by molar-refractivity contribution is 9.10. The molecule has 0 bridgehead atoms. The molecule has 25 heavy (non-hydrogen) atoms. The van der Waals surface area contributed by atoms with Crippen LogP contribution < -0.4 is 4.74 Å². The van der Waals surface area contributed by atoms with Gasteiger partial charge in [-0.1, -0.05) is 6.07 Å². The minimum Gasteiger partial charge on any atom is -0.433 e. The molecule has 1 atom stereocenters. The molecule has 1 heterocycles. The highest BCUT2D eigenvalue weighted by atomic mass is 79.9. The number of hydrogen-bond acceptors (Lipinski definition) is 4. The predicted octanol–water partition coefficient (Wildman–Crippen LogP) is 3.48. The maximum Gasteiger partial charge on any atom is 0.387 e. The smallest absolute Gasteiger partial charge is 0.387 e. The number of alkyl halides is 2. The molecule has 0 radical (unpaired) electrons. The molecule has 134 valence electrons. The fourth-order valence-electron chi connectivity index (χ4n) is 3.36. The first-order chi connectivity index (χ1) is 11.9. The number of nitrogens with zero attached hydrogens (tertiary/aromatic N) is 1. The number of carbonyl (C=O) groups is 3. The number of hydrogen-bond donors (Lipinski definition) is 0. The van der Waals surface area contributed by atoms with E-state index in [-0.39, 0.29) is 53.2 Å². The Morgan fingerprint density at radius 3 is 2.64 bits per heavy atom. The normalized spacial score (nSPS) is 21.4. The van der Waals surface area contributed by atoms with Crippen molar-refractivity contribution in [3.05, 3.63) is 27.7 Å². The molecule has 3 rings (SSSR count). The summed E-state index contributed by atoms with van der Waals surface area (Å²) in [6.45, 7) is -2.92. The molecular formula is C17H16BrF2NO4. The molecule has 1 aromatic rings. The fourth-order valence-corrected chi connectivity index (χ4v) is 3.78. The van der Waals surface area contributed by atoms with Gasteiger partial charge < -0.3 is 9.64 Å². The van der Waals surface area contributed by atoms with Gasteiger partial charge in [0.05, 0.1) is 16.1 Å². The molecule has 2 aliphatic rings. The van der Waals surface area contributed by atoms with Gasteiger partial charge in [0.1, 0.15) is 5.78 Å². The SMILES string of the molecule is O=C1CCCC(=O)C(N2Cc3ccc(Br)c(OC(F)F)c3C2=O)CC1. The number of halogens is 3. The van der Waals surface area contributed by atoms with Crippen molar-refractivity contribution in [2.45, 2.75) is 51.3 Å². The molecule has 0 spiro atoms. The number of Topliss-reactive ketones (excluding diaryl/α,β-unsaturated/α-hetero) is 2. The lowest BCUT2D eigenvalue weighted by Gasteiger charge is -2.28. The summed E-state index contributed by atoms with van der Waals surface area (Å²) in [4.78, 5) is 38.3.